The maximum Gasteiger partial charge on any atom is 0.248 e. The van der Waals surface area contributed by atoms with Crippen LogP contribution in [0.15, 0.2) is 67.0 Å². The number of amides is 2. The molecule has 1 aliphatic rings. The van der Waals surface area contributed by atoms with Gasteiger partial charge in [0.05, 0.1) is 0 Å². The number of aromatic nitrogens is 2. The predicted molar refractivity (Wildman–Crippen MR) is 125 cm³/mol. The van der Waals surface area contributed by atoms with E-state index in [0.29, 0.717) is 11.3 Å². The van der Waals surface area contributed by atoms with Crippen LogP contribution in [0.2, 0.25) is 0 Å². The number of nitrogens with one attached hydrogen (secondary N) is 1. The van der Waals surface area contributed by atoms with Crippen molar-refractivity contribution in [3.63, 3.8) is 0 Å². The van der Waals surface area contributed by atoms with Gasteiger partial charge in [-0.25, -0.2) is 9.37 Å². The van der Waals surface area contributed by atoms with E-state index in [1.807, 2.05) is 18.2 Å². The van der Waals surface area contributed by atoms with E-state index in [9.17, 15) is 14.0 Å². The number of halogens is 1. The lowest BCUT2D eigenvalue weighted by Crippen LogP contribution is -2.48. The molecule has 8 heteroatoms. The summed E-state index contributed by atoms with van der Waals surface area (Å²) in [5.41, 5.74) is 6.80. The van der Waals surface area contributed by atoms with E-state index in [2.05, 4.69) is 10.3 Å². The third-order valence-electron chi connectivity index (χ3n) is 5.98. The van der Waals surface area contributed by atoms with Crippen LogP contribution >= 0.6 is 0 Å². The maximum atomic E-state index is 14.2. The molecule has 2 amide bonds. The maximum absolute atomic E-state index is 14.2. The molecule has 1 atom stereocenters. The highest BCUT2D eigenvalue weighted by molar-refractivity contribution is 6.01. The van der Waals surface area contributed by atoms with Gasteiger partial charge in [-0.05, 0) is 36.6 Å². The topological polar surface area (TPSA) is 93.2 Å². The summed E-state index contributed by atoms with van der Waals surface area (Å²) >= 11 is 0. The van der Waals surface area contributed by atoms with Gasteiger partial charge in [0.15, 0.2) is 0 Å². The molecule has 2 aromatic carbocycles. The van der Waals surface area contributed by atoms with Crippen molar-refractivity contribution in [1.82, 2.24) is 14.9 Å². The zero-order chi connectivity index (χ0) is 23.2. The molecule has 0 saturated heterocycles. The summed E-state index contributed by atoms with van der Waals surface area (Å²) in [6, 6.07) is 13.9. The Morgan fingerprint density at radius 1 is 1.12 bits per heavy atom. The third kappa shape index (κ3) is 5.39. The molecular weight excluding hydrogens is 421 g/mol. The van der Waals surface area contributed by atoms with Crippen LogP contribution in [0.5, 0.6) is 0 Å². The fourth-order valence-electron chi connectivity index (χ4n) is 4.34. The van der Waals surface area contributed by atoms with Crippen LogP contribution in [0.4, 0.5) is 16.0 Å². The summed E-state index contributed by atoms with van der Waals surface area (Å²) in [5, 5.41) is 3.14. The van der Waals surface area contributed by atoms with Gasteiger partial charge in [-0.1, -0.05) is 55.7 Å². The van der Waals surface area contributed by atoms with Crippen molar-refractivity contribution in [3.05, 3.63) is 78.4 Å². The fraction of sp³-hybridized carbons (Fsp3) is 0.320. The highest BCUT2D eigenvalue weighted by atomic mass is 19.1. The second kappa shape index (κ2) is 10.3. The quantitative estimate of drug-likeness (QED) is 0.573. The first-order valence-corrected chi connectivity index (χ1v) is 11.2. The summed E-state index contributed by atoms with van der Waals surface area (Å²) in [5.74, 6) is -1.00. The summed E-state index contributed by atoms with van der Waals surface area (Å²) in [6.07, 6.45) is 8.20. The van der Waals surface area contributed by atoms with Crippen LogP contribution in [-0.4, -0.2) is 27.4 Å². The zero-order valence-corrected chi connectivity index (χ0v) is 18.4. The first-order valence-electron chi connectivity index (χ1n) is 11.2. The summed E-state index contributed by atoms with van der Waals surface area (Å²) < 4.78 is 15.7. The molecule has 3 aromatic rings. The number of rotatable bonds is 7. The van der Waals surface area contributed by atoms with Gasteiger partial charge in [-0.3, -0.25) is 14.5 Å². The Balaban J connectivity index is 1.74. The molecule has 0 aliphatic heterocycles. The average molecular weight is 450 g/mol. The first-order chi connectivity index (χ1) is 16.0. The van der Waals surface area contributed by atoms with Gasteiger partial charge >= 0.3 is 0 Å². The molecule has 1 saturated carbocycles. The Kier molecular flexibility index (Phi) is 7.02. The molecule has 0 spiro atoms. The van der Waals surface area contributed by atoms with Gasteiger partial charge in [0.1, 0.15) is 18.4 Å². The standard InChI is InChI=1S/C25H28FN5O2/c26-19-10-7-13-21(16-19)31(22(32)17-30-15-14-28-25(30)27)23(18-8-3-1-4-9-18)24(33)29-20-11-5-2-6-12-20/h1,3-4,7-10,13-16,20,23H,2,5-6,11-12,17H2,(H2,27,28)(H,29,33). The highest BCUT2D eigenvalue weighted by Crippen LogP contribution is 2.30. The first kappa shape index (κ1) is 22.5. The lowest BCUT2D eigenvalue weighted by molar-refractivity contribution is -0.127. The Morgan fingerprint density at radius 2 is 1.88 bits per heavy atom. The number of nitrogens with zero attached hydrogens (tertiary/aromatic N) is 3. The minimum absolute atomic E-state index is 0.0613. The van der Waals surface area contributed by atoms with Crippen LogP contribution < -0.4 is 16.0 Å². The second-order valence-corrected chi connectivity index (χ2v) is 8.31. The minimum Gasteiger partial charge on any atom is -0.369 e. The zero-order valence-electron chi connectivity index (χ0n) is 18.4. The van der Waals surface area contributed by atoms with Gasteiger partial charge in [0.2, 0.25) is 17.8 Å². The van der Waals surface area contributed by atoms with Crippen LogP contribution in [0.1, 0.15) is 43.7 Å². The van der Waals surface area contributed by atoms with Crippen LogP contribution in [0.3, 0.4) is 0 Å². The van der Waals surface area contributed by atoms with E-state index < -0.39 is 17.8 Å². The van der Waals surface area contributed by atoms with Crippen LogP contribution in [0, 0.1) is 5.82 Å². The number of benzene rings is 2. The van der Waals surface area contributed by atoms with E-state index in [1.54, 1.807) is 24.4 Å². The number of nitrogen functional groups attached to an aromatic ring is 1. The highest BCUT2D eigenvalue weighted by Gasteiger charge is 2.34. The van der Waals surface area contributed by atoms with Crippen LogP contribution in [0.25, 0.3) is 0 Å². The van der Waals surface area contributed by atoms with Gasteiger partial charge in [0.25, 0.3) is 0 Å². The third-order valence-corrected chi connectivity index (χ3v) is 5.98. The molecule has 33 heavy (non-hydrogen) atoms. The van der Waals surface area contributed by atoms with E-state index in [-0.39, 0.29) is 24.4 Å². The number of nitrogens with two attached hydrogens (primary N) is 1. The average Bonchev–Trinajstić information content (AvgIpc) is 3.22. The summed E-state index contributed by atoms with van der Waals surface area (Å²) in [4.78, 5) is 32.6. The number of hydrogen-bond acceptors (Lipinski definition) is 4. The van der Waals surface area contributed by atoms with Crippen molar-refractivity contribution >= 4 is 23.5 Å². The van der Waals surface area contributed by atoms with Gasteiger partial charge in [-0.2, -0.15) is 0 Å². The van der Waals surface area contributed by atoms with Crippen LogP contribution in [-0.2, 0) is 16.1 Å². The van der Waals surface area contributed by atoms with E-state index in [0.717, 1.165) is 32.1 Å². The number of hydrogen-bond donors (Lipinski definition) is 2. The number of carbonyl (C=O) groups is 2. The molecule has 1 unspecified atom stereocenters. The van der Waals surface area contributed by atoms with E-state index in [4.69, 9.17) is 5.73 Å². The molecule has 1 fully saturated rings. The molecule has 0 bridgehead atoms. The predicted octanol–water partition coefficient (Wildman–Crippen LogP) is 3.83. The Morgan fingerprint density at radius 3 is 2.55 bits per heavy atom. The van der Waals surface area contributed by atoms with Crippen molar-refractivity contribution in [1.29, 1.82) is 0 Å². The molecule has 172 valence electrons. The van der Waals surface area contributed by atoms with Crippen molar-refractivity contribution in [2.24, 2.45) is 0 Å². The molecule has 1 aliphatic carbocycles. The number of imidazole rings is 1. The van der Waals surface area contributed by atoms with Crippen molar-refractivity contribution in [3.8, 4) is 0 Å². The van der Waals surface area contributed by atoms with Crippen molar-refractivity contribution in [2.75, 3.05) is 10.6 Å². The van der Waals surface area contributed by atoms with E-state index in [1.165, 1.54) is 33.9 Å². The normalized spacial score (nSPS) is 15.1. The number of anilines is 2. The monoisotopic (exact) mass is 449 g/mol. The fourth-order valence-corrected chi connectivity index (χ4v) is 4.34. The summed E-state index contributed by atoms with van der Waals surface area (Å²) in [6.45, 7) is -0.137. The minimum atomic E-state index is -0.966. The Labute approximate surface area is 192 Å². The Bertz CT molecular complexity index is 1090. The SMILES string of the molecule is Nc1nccn1CC(=O)N(c1cccc(F)c1)C(C(=O)NC1CCCCC1)c1ccccc1. The molecular formula is C25H28FN5O2. The summed E-state index contributed by atoms with van der Waals surface area (Å²) in [7, 11) is 0. The molecule has 4 rings (SSSR count). The lowest BCUT2D eigenvalue weighted by atomic mass is 9.94. The van der Waals surface area contributed by atoms with E-state index >= 15 is 0 Å². The van der Waals surface area contributed by atoms with Gasteiger partial charge in [0, 0.05) is 24.1 Å². The van der Waals surface area contributed by atoms with Crippen molar-refractivity contribution in [2.45, 2.75) is 50.7 Å². The Hall–Kier alpha value is -3.68. The second-order valence-electron chi connectivity index (χ2n) is 8.31. The largest absolute Gasteiger partial charge is 0.369 e. The van der Waals surface area contributed by atoms with Gasteiger partial charge in [-0.15, -0.1) is 0 Å². The molecule has 3 N–H and O–H groups in total. The lowest BCUT2D eigenvalue weighted by Gasteiger charge is -2.33. The smallest absolute Gasteiger partial charge is 0.248 e. The molecule has 1 aromatic heterocycles. The number of carbonyl (C=O) groups excluding carboxylic acids is 2. The molecule has 0 radical (unpaired) electrons. The molecule has 7 nitrogen and oxygen atoms in total. The van der Waals surface area contributed by atoms with Gasteiger partial charge < -0.3 is 15.6 Å². The molecule has 1 heterocycles. The van der Waals surface area contributed by atoms with Crippen molar-refractivity contribution < 1.29 is 14.0 Å².